The van der Waals surface area contributed by atoms with Crippen LogP contribution in [0, 0.1) is 0 Å². The zero-order valence-corrected chi connectivity index (χ0v) is 10.1. The van der Waals surface area contributed by atoms with E-state index in [2.05, 4.69) is 9.97 Å². The summed E-state index contributed by atoms with van der Waals surface area (Å²) >= 11 is 0.897. The van der Waals surface area contributed by atoms with Crippen LogP contribution >= 0.6 is 11.8 Å². The summed E-state index contributed by atoms with van der Waals surface area (Å²) in [5.74, 6) is -0.437. The molecule has 18 heavy (non-hydrogen) atoms. The molecule has 0 saturated carbocycles. The van der Waals surface area contributed by atoms with Crippen LogP contribution in [0.15, 0.2) is 17.4 Å². The number of carbonyl (C=O) groups is 1. The molecule has 0 N–H and O–H groups in total. The summed E-state index contributed by atoms with van der Waals surface area (Å²) < 4.78 is 42.2. The maximum Gasteiger partial charge on any atom is 0.433 e. The minimum atomic E-state index is -4.51. The number of thioether (sulfide) groups is 1. The number of hydrogen-bond acceptors (Lipinski definition) is 5. The Hall–Kier alpha value is -1.31. The van der Waals surface area contributed by atoms with Crippen LogP contribution in [0.3, 0.4) is 0 Å². The first-order valence-electron chi connectivity index (χ1n) is 5.13. The van der Waals surface area contributed by atoms with E-state index >= 15 is 0 Å². The van der Waals surface area contributed by atoms with Gasteiger partial charge in [-0.15, -0.1) is 0 Å². The third-order valence-corrected chi connectivity index (χ3v) is 3.37. The lowest BCUT2D eigenvalue weighted by Gasteiger charge is -2.07. The molecular weight excluding hydrogens is 269 g/mol. The monoisotopic (exact) mass is 278 g/mol. The molecule has 1 aromatic rings. The molecule has 0 spiro atoms. The third kappa shape index (κ3) is 2.92. The minimum Gasteiger partial charge on any atom is -0.462 e. The Balaban J connectivity index is 2.13. The van der Waals surface area contributed by atoms with Crippen molar-refractivity contribution >= 4 is 17.7 Å². The van der Waals surface area contributed by atoms with Crippen molar-refractivity contribution in [2.75, 3.05) is 0 Å². The normalized spacial score (nSPS) is 24.1. The predicted molar refractivity (Wildman–Crippen MR) is 56.9 cm³/mol. The zero-order valence-electron chi connectivity index (χ0n) is 9.27. The van der Waals surface area contributed by atoms with Crippen LogP contribution in [0.25, 0.3) is 0 Å². The lowest BCUT2D eigenvalue weighted by atomic mass is 10.3. The van der Waals surface area contributed by atoms with Gasteiger partial charge in [0.15, 0.2) is 5.16 Å². The van der Waals surface area contributed by atoms with Gasteiger partial charge in [-0.05, 0) is 13.0 Å². The molecule has 0 radical (unpaired) electrons. The van der Waals surface area contributed by atoms with Crippen LogP contribution in [0.4, 0.5) is 13.2 Å². The molecule has 0 aliphatic carbocycles. The predicted octanol–water partition coefficient (Wildman–Crippen LogP) is 2.29. The minimum absolute atomic E-state index is 0.0686. The molecule has 1 aliphatic heterocycles. The van der Waals surface area contributed by atoms with E-state index in [9.17, 15) is 18.0 Å². The Morgan fingerprint density at radius 2 is 2.22 bits per heavy atom. The number of aromatic nitrogens is 2. The van der Waals surface area contributed by atoms with Crippen molar-refractivity contribution in [3.05, 3.63) is 18.0 Å². The second-order valence-electron chi connectivity index (χ2n) is 3.81. The fraction of sp³-hybridized carbons (Fsp3) is 0.500. The Labute approximate surface area is 105 Å². The topological polar surface area (TPSA) is 52.1 Å². The van der Waals surface area contributed by atoms with E-state index in [1.54, 1.807) is 6.92 Å². The molecule has 8 heteroatoms. The average molecular weight is 278 g/mol. The fourth-order valence-corrected chi connectivity index (χ4v) is 2.55. The molecule has 2 atom stereocenters. The maximum absolute atomic E-state index is 12.4. The fourth-order valence-electron chi connectivity index (χ4n) is 1.50. The molecule has 98 valence electrons. The van der Waals surface area contributed by atoms with Crippen LogP contribution in [-0.4, -0.2) is 27.3 Å². The number of cyclic esters (lactones) is 1. The largest absolute Gasteiger partial charge is 0.462 e. The number of nitrogens with zero attached hydrogens (tertiary/aromatic N) is 2. The van der Waals surface area contributed by atoms with Crippen LogP contribution in [0.5, 0.6) is 0 Å². The third-order valence-electron chi connectivity index (χ3n) is 2.30. The number of carbonyl (C=O) groups excluding carboxylic acids is 1. The molecule has 0 unspecified atom stereocenters. The number of hydrogen-bond donors (Lipinski definition) is 0. The number of esters is 1. The highest BCUT2D eigenvalue weighted by atomic mass is 32.2. The molecule has 2 rings (SSSR count). The Kier molecular flexibility index (Phi) is 3.47. The lowest BCUT2D eigenvalue weighted by molar-refractivity contribution is -0.141. The molecule has 4 nitrogen and oxygen atoms in total. The molecule has 1 aliphatic rings. The van der Waals surface area contributed by atoms with Crippen molar-refractivity contribution in [3.63, 3.8) is 0 Å². The first-order chi connectivity index (χ1) is 8.36. The van der Waals surface area contributed by atoms with E-state index in [0.717, 1.165) is 24.0 Å². The van der Waals surface area contributed by atoms with Gasteiger partial charge in [-0.25, -0.2) is 9.97 Å². The van der Waals surface area contributed by atoms with E-state index in [4.69, 9.17) is 4.74 Å². The van der Waals surface area contributed by atoms with Crippen LogP contribution in [-0.2, 0) is 15.7 Å². The van der Waals surface area contributed by atoms with E-state index in [-0.39, 0.29) is 11.3 Å². The first kappa shape index (κ1) is 13.1. The van der Waals surface area contributed by atoms with Crippen molar-refractivity contribution in [2.45, 2.75) is 36.0 Å². The highest BCUT2D eigenvalue weighted by molar-refractivity contribution is 8.00. The van der Waals surface area contributed by atoms with Crippen LogP contribution in [0.2, 0.25) is 0 Å². The molecule has 0 aromatic carbocycles. The SMILES string of the molecule is C[C@H]1C[C@H](Sc2nccc(C(F)(F)F)n2)C(=O)O1. The smallest absolute Gasteiger partial charge is 0.433 e. The van der Waals surface area contributed by atoms with Gasteiger partial charge in [0.2, 0.25) is 0 Å². The van der Waals surface area contributed by atoms with Gasteiger partial charge in [0.1, 0.15) is 17.0 Å². The number of ether oxygens (including phenoxy) is 1. The highest BCUT2D eigenvalue weighted by Crippen LogP contribution is 2.32. The van der Waals surface area contributed by atoms with E-state index in [0.29, 0.717) is 6.42 Å². The van der Waals surface area contributed by atoms with Gasteiger partial charge >= 0.3 is 12.1 Å². The summed E-state index contributed by atoms with van der Waals surface area (Å²) in [6, 6.07) is 0.791. The van der Waals surface area contributed by atoms with Gasteiger partial charge in [0.05, 0.1) is 0 Å². The molecular formula is C10H9F3N2O2S. The Bertz CT molecular complexity index is 467. The van der Waals surface area contributed by atoms with Crippen molar-refractivity contribution in [3.8, 4) is 0 Å². The summed E-state index contributed by atoms with van der Waals surface area (Å²) in [5, 5.41) is -0.607. The van der Waals surface area contributed by atoms with Gasteiger partial charge in [-0.1, -0.05) is 11.8 Å². The quantitative estimate of drug-likeness (QED) is 0.613. The van der Waals surface area contributed by atoms with Crippen molar-refractivity contribution in [1.82, 2.24) is 9.97 Å². The number of alkyl halides is 3. The van der Waals surface area contributed by atoms with Gasteiger partial charge in [-0.3, -0.25) is 4.79 Å². The second-order valence-corrected chi connectivity index (χ2v) is 4.98. The molecule has 0 amide bonds. The number of rotatable bonds is 2. The average Bonchev–Trinajstić information content (AvgIpc) is 2.56. The number of halogens is 3. The summed E-state index contributed by atoms with van der Waals surface area (Å²) in [7, 11) is 0. The standard InChI is InChI=1S/C10H9F3N2O2S/c1-5-4-6(8(16)17-5)18-9-14-3-2-7(15-9)10(11,12)13/h2-3,5-6H,4H2,1H3/t5-,6-/m0/s1. The molecule has 1 fully saturated rings. The Morgan fingerprint density at radius 1 is 1.50 bits per heavy atom. The van der Waals surface area contributed by atoms with E-state index < -0.39 is 23.1 Å². The molecule has 1 saturated heterocycles. The van der Waals surface area contributed by atoms with Crippen molar-refractivity contribution < 1.29 is 22.7 Å². The van der Waals surface area contributed by atoms with E-state index in [1.165, 1.54) is 0 Å². The Morgan fingerprint density at radius 3 is 2.78 bits per heavy atom. The van der Waals surface area contributed by atoms with Crippen LogP contribution in [0.1, 0.15) is 19.0 Å². The van der Waals surface area contributed by atoms with Gasteiger partial charge in [-0.2, -0.15) is 13.2 Å². The first-order valence-corrected chi connectivity index (χ1v) is 6.01. The van der Waals surface area contributed by atoms with Crippen molar-refractivity contribution in [2.24, 2.45) is 0 Å². The molecule has 2 heterocycles. The van der Waals surface area contributed by atoms with Gasteiger partial charge < -0.3 is 4.74 Å². The molecule has 1 aromatic heterocycles. The summed E-state index contributed by atoms with van der Waals surface area (Å²) in [6.07, 6.45) is -3.26. The van der Waals surface area contributed by atoms with Gasteiger partial charge in [0, 0.05) is 12.6 Å². The maximum atomic E-state index is 12.4. The zero-order chi connectivity index (χ0) is 13.3. The molecule has 0 bridgehead atoms. The summed E-state index contributed by atoms with van der Waals surface area (Å²) in [5.41, 5.74) is -1.01. The summed E-state index contributed by atoms with van der Waals surface area (Å²) in [6.45, 7) is 1.73. The second kappa shape index (κ2) is 4.75. The van der Waals surface area contributed by atoms with Crippen molar-refractivity contribution in [1.29, 1.82) is 0 Å². The highest BCUT2D eigenvalue weighted by Gasteiger charge is 2.35. The van der Waals surface area contributed by atoms with Gasteiger partial charge in [0.25, 0.3) is 0 Å². The van der Waals surface area contributed by atoms with E-state index in [1.807, 2.05) is 0 Å². The summed E-state index contributed by atoms with van der Waals surface area (Å²) in [4.78, 5) is 18.5. The lowest BCUT2D eigenvalue weighted by Crippen LogP contribution is -2.12. The van der Waals surface area contributed by atoms with Crippen LogP contribution < -0.4 is 0 Å².